The van der Waals surface area contributed by atoms with Crippen molar-refractivity contribution in [3.63, 3.8) is 0 Å². The second-order valence-electron chi connectivity index (χ2n) is 8.52. The monoisotopic (exact) mass is 464 g/mol. The predicted molar refractivity (Wildman–Crippen MR) is 132 cm³/mol. The van der Waals surface area contributed by atoms with Gasteiger partial charge in [-0.05, 0) is 61.9 Å². The average molecular weight is 465 g/mol. The fourth-order valence-corrected chi connectivity index (χ4v) is 5.41. The highest BCUT2D eigenvalue weighted by molar-refractivity contribution is 7.89. The molecule has 0 spiro atoms. The molecule has 0 aliphatic rings. The third kappa shape index (κ3) is 7.01. The van der Waals surface area contributed by atoms with Crippen LogP contribution >= 0.6 is 0 Å². The maximum atomic E-state index is 13.6. The number of carbonyl (C=O) groups excluding carboxylic acids is 1. The summed E-state index contributed by atoms with van der Waals surface area (Å²) >= 11 is 0. The largest absolute Gasteiger partial charge is 0.352 e. The van der Waals surface area contributed by atoms with E-state index in [1.54, 1.807) is 19.1 Å². The zero-order valence-electron chi connectivity index (χ0n) is 19.5. The Bertz CT molecular complexity index is 1160. The van der Waals surface area contributed by atoms with E-state index < -0.39 is 10.0 Å². The van der Waals surface area contributed by atoms with Crippen LogP contribution in [0.2, 0.25) is 0 Å². The van der Waals surface area contributed by atoms with Gasteiger partial charge in [0.25, 0.3) is 0 Å². The molecule has 5 nitrogen and oxygen atoms in total. The first-order chi connectivity index (χ1) is 15.8. The molecule has 0 aromatic heterocycles. The summed E-state index contributed by atoms with van der Waals surface area (Å²) in [5.41, 5.74) is 3.56. The van der Waals surface area contributed by atoms with Crippen LogP contribution in [0.15, 0.2) is 83.8 Å². The van der Waals surface area contributed by atoms with Crippen LogP contribution in [0.25, 0.3) is 0 Å². The van der Waals surface area contributed by atoms with Gasteiger partial charge in [0.15, 0.2) is 0 Å². The molecule has 0 bridgehead atoms. The highest BCUT2D eigenvalue weighted by Gasteiger charge is 2.28. The van der Waals surface area contributed by atoms with Crippen molar-refractivity contribution in [3.05, 3.63) is 101 Å². The molecule has 33 heavy (non-hydrogen) atoms. The number of hydrogen-bond donors (Lipinski definition) is 1. The molecule has 3 rings (SSSR count). The quantitative estimate of drug-likeness (QED) is 0.476. The van der Waals surface area contributed by atoms with Crippen molar-refractivity contribution in [2.75, 3.05) is 6.54 Å². The molecule has 0 heterocycles. The standard InChI is InChI=1S/C27H32N2O3S/c1-21-14-15-22(2)26(18-21)33(31,32)29(19-25-12-8-5-9-13-25)20-27(30)28-23(3)16-17-24-10-6-4-7-11-24/h4-15,18,23H,16-17,19-20H2,1-3H3,(H,28,30). The molecule has 1 unspecified atom stereocenters. The molecule has 1 N–H and O–H groups in total. The summed E-state index contributed by atoms with van der Waals surface area (Å²) in [5.74, 6) is -0.305. The van der Waals surface area contributed by atoms with Gasteiger partial charge in [0.2, 0.25) is 15.9 Å². The number of amides is 1. The summed E-state index contributed by atoms with van der Waals surface area (Å²) in [7, 11) is -3.87. The van der Waals surface area contributed by atoms with E-state index in [1.807, 2.05) is 68.4 Å². The van der Waals surface area contributed by atoms with Gasteiger partial charge >= 0.3 is 0 Å². The molecule has 6 heteroatoms. The van der Waals surface area contributed by atoms with Crippen molar-refractivity contribution in [1.82, 2.24) is 9.62 Å². The van der Waals surface area contributed by atoms with Crippen molar-refractivity contribution >= 4 is 15.9 Å². The Morgan fingerprint density at radius 3 is 2.15 bits per heavy atom. The second-order valence-corrected chi connectivity index (χ2v) is 10.4. The van der Waals surface area contributed by atoms with Crippen molar-refractivity contribution in [1.29, 1.82) is 0 Å². The molecular formula is C27H32N2O3S. The zero-order valence-corrected chi connectivity index (χ0v) is 20.3. The number of aryl methyl sites for hydroxylation is 3. The minimum atomic E-state index is -3.87. The van der Waals surface area contributed by atoms with Gasteiger partial charge in [0.05, 0.1) is 11.4 Å². The minimum absolute atomic E-state index is 0.0697. The smallest absolute Gasteiger partial charge is 0.244 e. The maximum Gasteiger partial charge on any atom is 0.244 e. The lowest BCUT2D eigenvalue weighted by Gasteiger charge is -2.24. The topological polar surface area (TPSA) is 66.5 Å². The summed E-state index contributed by atoms with van der Waals surface area (Å²) < 4.78 is 28.4. The number of nitrogens with zero attached hydrogens (tertiary/aromatic N) is 1. The van der Waals surface area contributed by atoms with E-state index >= 15 is 0 Å². The molecular weight excluding hydrogens is 432 g/mol. The fraction of sp³-hybridized carbons (Fsp3) is 0.296. The highest BCUT2D eigenvalue weighted by atomic mass is 32.2. The zero-order chi connectivity index (χ0) is 23.8. The van der Waals surface area contributed by atoms with Gasteiger partial charge in [-0.1, -0.05) is 72.8 Å². The fourth-order valence-electron chi connectivity index (χ4n) is 3.72. The van der Waals surface area contributed by atoms with Crippen LogP contribution in [0.1, 0.15) is 35.6 Å². The molecule has 0 saturated heterocycles. The van der Waals surface area contributed by atoms with Crippen LogP contribution < -0.4 is 5.32 Å². The Morgan fingerprint density at radius 2 is 1.52 bits per heavy atom. The molecule has 174 valence electrons. The van der Waals surface area contributed by atoms with Gasteiger partial charge in [-0.3, -0.25) is 4.79 Å². The molecule has 3 aromatic rings. The average Bonchev–Trinajstić information content (AvgIpc) is 2.80. The molecule has 0 radical (unpaired) electrons. The summed E-state index contributed by atoms with van der Waals surface area (Å²) in [6, 6.07) is 24.7. The normalized spacial score (nSPS) is 12.5. The summed E-state index contributed by atoms with van der Waals surface area (Å²) in [6.07, 6.45) is 1.62. The SMILES string of the molecule is Cc1ccc(C)c(S(=O)(=O)N(CC(=O)NC(C)CCc2ccccc2)Cc2ccccc2)c1. The van der Waals surface area contributed by atoms with Crippen LogP contribution in [0.3, 0.4) is 0 Å². The van der Waals surface area contributed by atoms with Gasteiger partial charge in [-0.15, -0.1) is 0 Å². The number of nitrogens with one attached hydrogen (secondary N) is 1. The van der Waals surface area contributed by atoms with Gasteiger partial charge in [0.1, 0.15) is 0 Å². The minimum Gasteiger partial charge on any atom is -0.352 e. The maximum absolute atomic E-state index is 13.6. The molecule has 3 aromatic carbocycles. The van der Waals surface area contributed by atoms with Gasteiger partial charge in [-0.25, -0.2) is 8.42 Å². The molecule has 0 fully saturated rings. The van der Waals surface area contributed by atoms with E-state index in [4.69, 9.17) is 0 Å². The Hall–Kier alpha value is -2.96. The second kappa shape index (κ2) is 11.3. The lowest BCUT2D eigenvalue weighted by Crippen LogP contribution is -2.43. The van der Waals surface area contributed by atoms with Crippen LogP contribution in [0.4, 0.5) is 0 Å². The first kappa shape index (κ1) is 24.7. The number of carbonyl (C=O) groups is 1. The number of hydrogen-bond acceptors (Lipinski definition) is 3. The first-order valence-corrected chi connectivity index (χ1v) is 12.6. The summed E-state index contributed by atoms with van der Waals surface area (Å²) in [4.78, 5) is 13.1. The number of rotatable bonds is 10. The van der Waals surface area contributed by atoms with Crippen LogP contribution in [0.5, 0.6) is 0 Å². The van der Waals surface area contributed by atoms with Crippen molar-refractivity contribution < 1.29 is 13.2 Å². The lowest BCUT2D eigenvalue weighted by molar-refractivity contribution is -0.122. The summed E-state index contributed by atoms with van der Waals surface area (Å²) in [5, 5.41) is 2.97. The van der Waals surface area contributed by atoms with Gasteiger partial charge in [-0.2, -0.15) is 4.31 Å². The van der Waals surface area contributed by atoms with E-state index in [0.29, 0.717) is 5.56 Å². The van der Waals surface area contributed by atoms with Crippen LogP contribution in [-0.4, -0.2) is 31.2 Å². The Labute approximate surface area is 197 Å². The Balaban J connectivity index is 1.75. The summed E-state index contributed by atoms with van der Waals surface area (Å²) in [6.45, 7) is 5.48. The third-order valence-electron chi connectivity index (χ3n) is 5.60. The molecule has 1 amide bonds. The van der Waals surface area contributed by atoms with Crippen molar-refractivity contribution in [2.45, 2.75) is 51.1 Å². The predicted octanol–water partition coefficient (Wildman–Crippen LogP) is 4.63. The lowest BCUT2D eigenvalue weighted by atomic mass is 10.1. The van der Waals surface area contributed by atoms with Crippen molar-refractivity contribution in [2.24, 2.45) is 0 Å². The van der Waals surface area contributed by atoms with Gasteiger partial charge < -0.3 is 5.32 Å². The number of sulfonamides is 1. The van der Waals surface area contributed by atoms with E-state index in [0.717, 1.165) is 24.0 Å². The first-order valence-electron chi connectivity index (χ1n) is 11.2. The Kier molecular flexibility index (Phi) is 8.42. The molecule has 0 aliphatic heterocycles. The third-order valence-corrected chi connectivity index (χ3v) is 7.53. The molecule has 1 atom stereocenters. The number of benzene rings is 3. The van der Waals surface area contributed by atoms with E-state index in [9.17, 15) is 13.2 Å². The molecule has 0 saturated carbocycles. The van der Waals surface area contributed by atoms with E-state index in [1.165, 1.54) is 9.87 Å². The van der Waals surface area contributed by atoms with E-state index in [-0.39, 0.29) is 29.9 Å². The van der Waals surface area contributed by atoms with Crippen LogP contribution in [-0.2, 0) is 27.8 Å². The highest BCUT2D eigenvalue weighted by Crippen LogP contribution is 2.23. The molecule has 0 aliphatic carbocycles. The van der Waals surface area contributed by atoms with Crippen molar-refractivity contribution in [3.8, 4) is 0 Å². The van der Waals surface area contributed by atoms with Gasteiger partial charge in [0, 0.05) is 12.6 Å². The van der Waals surface area contributed by atoms with E-state index in [2.05, 4.69) is 17.4 Å². The van der Waals surface area contributed by atoms with Crippen LogP contribution in [0, 0.1) is 13.8 Å². The Morgan fingerprint density at radius 1 is 0.909 bits per heavy atom.